The minimum Gasteiger partial charge on any atom is -0.385 e. The first kappa shape index (κ1) is 18.0. The molecule has 8 heteroatoms. The zero-order chi connectivity index (χ0) is 16.9. The van der Waals surface area contributed by atoms with E-state index in [9.17, 15) is 13.2 Å². The highest BCUT2D eigenvalue weighted by Gasteiger charge is 2.27. The van der Waals surface area contributed by atoms with Crippen LogP contribution in [0.4, 0.5) is 5.69 Å². The molecule has 1 N–H and O–H groups in total. The Labute approximate surface area is 141 Å². The lowest BCUT2D eigenvalue weighted by molar-refractivity contribution is 0.0948. The average molecular weight is 361 g/mol. The van der Waals surface area contributed by atoms with Crippen LogP contribution in [0.2, 0.25) is 5.02 Å². The summed E-state index contributed by atoms with van der Waals surface area (Å²) in [7, 11) is -1.72. The number of ether oxygens (including phenoxy) is 1. The van der Waals surface area contributed by atoms with Gasteiger partial charge >= 0.3 is 0 Å². The van der Waals surface area contributed by atoms with Crippen molar-refractivity contribution in [1.29, 1.82) is 0 Å². The molecule has 2 rings (SSSR count). The number of amides is 1. The van der Waals surface area contributed by atoms with Crippen LogP contribution < -0.4 is 9.62 Å². The summed E-state index contributed by atoms with van der Waals surface area (Å²) in [6.45, 7) is 1.45. The maximum absolute atomic E-state index is 12.2. The Balaban J connectivity index is 2.17. The van der Waals surface area contributed by atoms with Crippen LogP contribution in [0.5, 0.6) is 0 Å². The number of rotatable bonds is 6. The topological polar surface area (TPSA) is 75.7 Å². The van der Waals surface area contributed by atoms with Crippen LogP contribution in [-0.4, -0.2) is 46.9 Å². The predicted molar refractivity (Wildman–Crippen MR) is 90.6 cm³/mol. The molecule has 0 unspecified atom stereocenters. The van der Waals surface area contributed by atoms with Crippen molar-refractivity contribution in [1.82, 2.24) is 5.32 Å². The van der Waals surface area contributed by atoms with E-state index in [0.29, 0.717) is 43.2 Å². The quantitative estimate of drug-likeness (QED) is 0.788. The Morgan fingerprint density at radius 2 is 2.17 bits per heavy atom. The van der Waals surface area contributed by atoms with E-state index in [-0.39, 0.29) is 17.2 Å². The molecule has 0 radical (unpaired) electrons. The monoisotopic (exact) mass is 360 g/mol. The van der Waals surface area contributed by atoms with Gasteiger partial charge in [0.05, 0.1) is 22.0 Å². The lowest BCUT2D eigenvalue weighted by Crippen LogP contribution is -2.38. The standard InChI is InChI=1S/C15H21ClN2O4S/c1-22-9-4-7-17-15(19)13-11-12(5-6-14(13)16)18-8-2-3-10-23(18,20)21/h5-6,11H,2-4,7-10H2,1H3,(H,17,19). The first-order valence-corrected chi connectivity index (χ1v) is 9.51. The summed E-state index contributed by atoms with van der Waals surface area (Å²) in [5, 5.41) is 3.05. The molecule has 23 heavy (non-hydrogen) atoms. The second-order valence-corrected chi connectivity index (χ2v) is 7.78. The van der Waals surface area contributed by atoms with Gasteiger partial charge in [0.1, 0.15) is 0 Å². The van der Waals surface area contributed by atoms with E-state index in [1.54, 1.807) is 19.2 Å². The van der Waals surface area contributed by atoms with Gasteiger partial charge in [0.25, 0.3) is 5.91 Å². The number of hydrogen-bond acceptors (Lipinski definition) is 4. The number of nitrogens with one attached hydrogen (secondary N) is 1. The van der Waals surface area contributed by atoms with Crippen LogP contribution in [0.3, 0.4) is 0 Å². The summed E-state index contributed by atoms with van der Waals surface area (Å²) in [4.78, 5) is 12.2. The van der Waals surface area contributed by atoms with E-state index in [1.165, 1.54) is 10.4 Å². The maximum Gasteiger partial charge on any atom is 0.252 e. The van der Waals surface area contributed by atoms with Gasteiger partial charge in [-0.1, -0.05) is 11.6 Å². The van der Waals surface area contributed by atoms with Gasteiger partial charge in [0, 0.05) is 26.8 Å². The molecule has 0 saturated carbocycles. The average Bonchev–Trinajstić information content (AvgIpc) is 2.52. The van der Waals surface area contributed by atoms with E-state index in [2.05, 4.69) is 5.32 Å². The van der Waals surface area contributed by atoms with Crippen molar-refractivity contribution in [2.75, 3.05) is 36.9 Å². The van der Waals surface area contributed by atoms with Gasteiger partial charge in [-0.05, 0) is 37.5 Å². The van der Waals surface area contributed by atoms with E-state index in [1.807, 2.05) is 0 Å². The summed E-state index contributed by atoms with van der Waals surface area (Å²) >= 11 is 6.09. The number of anilines is 1. The van der Waals surface area contributed by atoms with Crippen LogP contribution in [0.1, 0.15) is 29.6 Å². The molecule has 1 aromatic rings. The second-order valence-electron chi connectivity index (χ2n) is 5.36. The Morgan fingerprint density at radius 1 is 1.39 bits per heavy atom. The van der Waals surface area contributed by atoms with Gasteiger partial charge in [-0.3, -0.25) is 9.10 Å². The van der Waals surface area contributed by atoms with Gasteiger partial charge in [0.15, 0.2) is 0 Å². The summed E-state index contributed by atoms with van der Waals surface area (Å²) in [6.07, 6.45) is 2.17. The molecule has 0 atom stereocenters. The molecule has 0 bridgehead atoms. The third-order valence-corrected chi connectivity index (χ3v) is 5.84. The Morgan fingerprint density at radius 3 is 2.87 bits per heavy atom. The second kappa shape index (κ2) is 7.99. The van der Waals surface area contributed by atoms with Crippen molar-refractivity contribution < 1.29 is 17.9 Å². The smallest absolute Gasteiger partial charge is 0.252 e. The number of nitrogens with zero attached hydrogens (tertiary/aromatic N) is 1. The summed E-state index contributed by atoms with van der Waals surface area (Å²) in [5.74, 6) is -0.184. The first-order chi connectivity index (χ1) is 11.0. The van der Waals surface area contributed by atoms with Crippen LogP contribution in [0.15, 0.2) is 18.2 Å². The molecule has 1 amide bonds. The highest BCUT2D eigenvalue weighted by atomic mass is 35.5. The number of benzene rings is 1. The zero-order valence-electron chi connectivity index (χ0n) is 13.0. The lowest BCUT2D eigenvalue weighted by Gasteiger charge is -2.28. The van der Waals surface area contributed by atoms with Gasteiger partial charge in [0.2, 0.25) is 10.0 Å². The van der Waals surface area contributed by atoms with E-state index in [0.717, 1.165) is 6.42 Å². The number of halogens is 1. The number of carbonyl (C=O) groups excluding carboxylic acids is 1. The molecule has 1 heterocycles. The molecule has 1 aliphatic rings. The van der Waals surface area contributed by atoms with Crippen LogP contribution >= 0.6 is 11.6 Å². The van der Waals surface area contributed by atoms with Crippen molar-refractivity contribution in [2.24, 2.45) is 0 Å². The SMILES string of the molecule is COCCCNC(=O)c1cc(N2CCCCS2(=O)=O)ccc1Cl. The molecular formula is C15H21ClN2O4S. The molecule has 1 aliphatic heterocycles. The summed E-state index contributed by atoms with van der Waals surface area (Å²) in [5.41, 5.74) is 0.762. The van der Waals surface area contributed by atoms with Gasteiger partial charge < -0.3 is 10.1 Å². The molecule has 1 fully saturated rings. The van der Waals surface area contributed by atoms with Crippen LogP contribution in [-0.2, 0) is 14.8 Å². The minimum atomic E-state index is -3.31. The Hall–Kier alpha value is -1.31. The molecule has 0 aromatic heterocycles. The minimum absolute atomic E-state index is 0.133. The van der Waals surface area contributed by atoms with Crippen molar-refractivity contribution >= 4 is 33.2 Å². The van der Waals surface area contributed by atoms with Gasteiger partial charge in [-0.15, -0.1) is 0 Å². The summed E-state index contributed by atoms with van der Waals surface area (Å²) in [6, 6.07) is 4.73. The van der Waals surface area contributed by atoms with Gasteiger partial charge in [-0.25, -0.2) is 8.42 Å². The molecule has 1 saturated heterocycles. The van der Waals surface area contributed by atoms with E-state index >= 15 is 0 Å². The molecule has 6 nitrogen and oxygen atoms in total. The number of carbonyl (C=O) groups is 1. The molecule has 0 spiro atoms. The first-order valence-electron chi connectivity index (χ1n) is 7.53. The van der Waals surface area contributed by atoms with Crippen molar-refractivity contribution in [3.63, 3.8) is 0 Å². The van der Waals surface area contributed by atoms with Crippen molar-refractivity contribution in [3.8, 4) is 0 Å². The fraction of sp³-hybridized carbons (Fsp3) is 0.533. The van der Waals surface area contributed by atoms with Crippen LogP contribution in [0.25, 0.3) is 0 Å². The fourth-order valence-electron chi connectivity index (χ4n) is 2.43. The lowest BCUT2D eigenvalue weighted by atomic mass is 10.1. The predicted octanol–water partition coefficient (Wildman–Crippen LogP) is 2.04. The largest absolute Gasteiger partial charge is 0.385 e. The molecular weight excluding hydrogens is 340 g/mol. The number of sulfonamides is 1. The highest BCUT2D eigenvalue weighted by molar-refractivity contribution is 7.92. The summed E-state index contributed by atoms with van der Waals surface area (Å²) < 4.78 is 30.6. The fourth-order valence-corrected chi connectivity index (χ4v) is 4.27. The maximum atomic E-state index is 12.2. The third-order valence-electron chi connectivity index (χ3n) is 3.64. The molecule has 128 valence electrons. The third kappa shape index (κ3) is 4.59. The van der Waals surface area contributed by atoms with Crippen molar-refractivity contribution in [3.05, 3.63) is 28.8 Å². The van der Waals surface area contributed by atoms with Gasteiger partial charge in [-0.2, -0.15) is 0 Å². The van der Waals surface area contributed by atoms with E-state index < -0.39 is 10.0 Å². The normalized spacial score (nSPS) is 17.0. The number of methoxy groups -OCH3 is 1. The Bertz CT molecular complexity index is 663. The number of hydrogen-bond donors (Lipinski definition) is 1. The van der Waals surface area contributed by atoms with Crippen LogP contribution in [0, 0.1) is 0 Å². The molecule has 1 aromatic carbocycles. The Kier molecular flexibility index (Phi) is 6.26. The van der Waals surface area contributed by atoms with Crippen molar-refractivity contribution in [2.45, 2.75) is 19.3 Å². The van der Waals surface area contributed by atoms with E-state index in [4.69, 9.17) is 16.3 Å². The molecule has 0 aliphatic carbocycles. The zero-order valence-corrected chi connectivity index (χ0v) is 14.6. The highest BCUT2D eigenvalue weighted by Crippen LogP contribution is 2.27.